The lowest BCUT2D eigenvalue weighted by molar-refractivity contribution is -0.0684. The van der Waals surface area contributed by atoms with Gasteiger partial charge in [0.25, 0.3) is 0 Å². The first-order valence-corrected chi connectivity index (χ1v) is 7.91. The highest BCUT2D eigenvalue weighted by molar-refractivity contribution is 5.20. The Morgan fingerprint density at radius 2 is 1.86 bits per heavy atom. The van der Waals surface area contributed by atoms with Gasteiger partial charge in [-0.05, 0) is 49.9 Å². The smallest absolute Gasteiger partial charge is 0.126 e. The van der Waals surface area contributed by atoms with Crippen LogP contribution in [0.1, 0.15) is 51.0 Å². The number of rotatable bonds is 5. The van der Waals surface area contributed by atoms with Crippen molar-refractivity contribution >= 4 is 0 Å². The summed E-state index contributed by atoms with van der Waals surface area (Å²) in [5, 5.41) is 0. The molecule has 1 aromatic rings. The van der Waals surface area contributed by atoms with Crippen LogP contribution < -0.4 is 5.73 Å². The van der Waals surface area contributed by atoms with Gasteiger partial charge < -0.3 is 10.5 Å². The Morgan fingerprint density at radius 3 is 2.48 bits per heavy atom. The number of ether oxygens (including phenoxy) is 1. The molecule has 0 saturated heterocycles. The molecule has 2 N–H and O–H groups in total. The zero-order valence-electron chi connectivity index (χ0n) is 12.7. The second kappa shape index (κ2) is 7.32. The summed E-state index contributed by atoms with van der Waals surface area (Å²) in [7, 11) is 0. The van der Waals surface area contributed by atoms with Gasteiger partial charge in [-0.2, -0.15) is 0 Å². The van der Waals surface area contributed by atoms with Crippen LogP contribution >= 0.6 is 0 Å². The average Bonchev–Trinajstić information content (AvgIpc) is 2.70. The van der Waals surface area contributed by atoms with E-state index in [-0.39, 0.29) is 6.04 Å². The van der Waals surface area contributed by atoms with Crippen LogP contribution in [0.2, 0.25) is 0 Å². The van der Waals surface area contributed by atoms with Crippen molar-refractivity contribution in [3.8, 4) is 0 Å². The van der Waals surface area contributed by atoms with Crippen LogP contribution in [0.3, 0.4) is 0 Å². The van der Waals surface area contributed by atoms with E-state index >= 15 is 0 Å². The molecule has 4 heteroatoms. The van der Waals surface area contributed by atoms with Crippen LogP contribution in [-0.4, -0.2) is 18.2 Å². The van der Waals surface area contributed by atoms with Gasteiger partial charge >= 0.3 is 0 Å². The summed E-state index contributed by atoms with van der Waals surface area (Å²) in [6.45, 7) is 2.56. The monoisotopic (exact) mass is 297 g/mol. The summed E-state index contributed by atoms with van der Waals surface area (Å²) in [6, 6.07) is 3.23. The molecule has 0 radical (unpaired) electrons. The standard InChI is InChI=1S/C17H25F2NO/c1-2-21-17(9-5-3-4-6-10-17)16(20)12-13-11-14(18)7-8-15(13)19/h7-8,11,16H,2-6,9-10,12,20H2,1H3. The number of benzene rings is 1. The molecule has 1 aliphatic carbocycles. The van der Waals surface area contributed by atoms with Crippen LogP contribution in [-0.2, 0) is 11.2 Å². The summed E-state index contributed by atoms with van der Waals surface area (Å²) in [4.78, 5) is 0. The fourth-order valence-electron chi connectivity index (χ4n) is 3.36. The lowest BCUT2D eigenvalue weighted by Crippen LogP contribution is -2.51. The highest BCUT2D eigenvalue weighted by atomic mass is 19.1. The van der Waals surface area contributed by atoms with E-state index in [2.05, 4.69) is 0 Å². The molecule has 0 amide bonds. The average molecular weight is 297 g/mol. The maximum absolute atomic E-state index is 13.8. The normalized spacial score (nSPS) is 20.0. The Morgan fingerprint density at radius 1 is 1.19 bits per heavy atom. The predicted octanol–water partition coefficient (Wildman–Crippen LogP) is 3.96. The van der Waals surface area contributed by atoms with E-state index in [1.807, 2.05) is 6.92 Å². The molecule has 1 saturated carbocycles. The zero-order valence-corrected chi connectivity index (χ0v) is 12.7. The van der Waals surface area contributed by atoms with E-state index in [4.69, 9.17) is 10.5 Å². The van der Waals surface area contributed by atoms with Gasteiger partial charge in [0, 0.05) is 12.6 Å². The van der Waals surface area contributed by atoms with Crippen LogP contribution in [0.5, 0.6) is 0 Å². The molecule has 1 aliphatic rings. The minimum atomic E-state index is -0.426. The lowest BCUT2D eigenvalue weighted by atomic mass is 9.83. The third kappa shape index (κ3) is 4.01. The Bertz CT molecular complexity index is 456. The fourth-order valence-corrected chi connectivity index (χ4v) is 3.36. The van der Waals surface area contributed by atoms with Crippen molar-refractivity contribution in [3.05, 3.63) is 35.4 Å². The van der Waals surface area contributed by atoms with E-state index in [1.54, 1.807) is 0 Å². The highest BCUT2D eigenvalue weighted by Gasteiger charge is 2.38. The van der Waals surface area contributed by atoms with E-state index in [0.717, 1.165) is 37.8 Å². The first kappa shape index (κ1) is 16.4. The van der Waals surface area contributed by atoms with Gasteiger partial charge in [0.1, 0.15) is 11.6 Å². The first-order chi connectivity index (χ1) is 10.1. The molecule has 0 aromatic heterocycles. The van der Waals surface area contributed by atoms with Crippen LogP contribution in [0, 0.1) is 11.6 Å². The number of hydrogen-bond acceptors (Lipinski definition) is 2. The molecule has 0 heterocycles. The van der Waals surface area contributed by atoms with Gasteiger partial charge in [0.2, 0.25) is 0 Å². The second-order valence-corrected chi connectivity index (χ2v) is 5.96. The third-order valence-electron chi connectivity index (χ3n) is 4.51. The van der Waals surface area contributed by atoms with Gasteiger partial charge in [-0.25, -0.2) is 8.78 Å². The van der Waals surface area contributed by atoms with Crippen LogP contribution in [0.15, 0.2) is 18.2 Å². The third-order valence-corrected chi connectivity index (χ3v) is 4.51. The summed E-state index contributed by atoms with van der Waals surface area (Å²) >= 11 is 0. The molecule has 1 aromatic carbocycles. The molecule has 1 unspecified atom stereocenters. The Labute approximate surface area is 125 Å². The first-order valence-electron chi connectivity index (χ1n) is 7.91. The summed E-state index contributed by atoms with van der Waals surface area (Å²) in [5.41, 5.74) is 6.32. The maximum Gasteiger partial charge on any atom is 0.126 e. The Balaban J connectivity index is 2.17. The lowest BCUT2D eigenvalue weighted by Gasteiger charge is -2.38. The molecule has 1 fully saturated rings. The van der Waals surface area contributed by atoms with Gasteiger partial charge in [-0.15, -0.1) is 0 Å². The Hall–Kier alpha value is -1.00. The zero-order chi connectivity index (χ0) is 15.3. The number of nitrogens with two attached hydrogens (primary N) is 1. The van der Waals surface area contributed by atoms with Gasteiger partial charge in [0.05, 0.1) is 5.60 Å². The van der Waals surface area contributed by atoms with Crippen molar-refractivity contribution < 1.29 is 13.5 Å². The topological polar surface area (TPSA) is 35.2 Å². The maximum atomic E-state index is 13.8. The second-order valence-electron chi connectivity index (χ2n) is 5.96. The largest absolute Gasteiger partial charge is 0.374 e. The summed E-state index contributed by atoms with van der Waals surface area (Å²) < 4.78 is 33.1. The molecule has 0 spiro atoms. The molecule has 0 aliphatic heterocycles. The minimum Gasteiger partial charge on any atom is -0.374 e. The van der Waals surface area contributed by atoms with Crippen molar-refractivity contribution in [3.63, 3.8) is 0 Å². The number of hydrogen-bond donors (Lipinski definition) is 1. The SMILES string of the molecule is CCOC1(C(N)Cc2cc(F)ccc2F)CCCCCC1. The van der Waals surface area contributed by atoms with E-state index in [0.29, 0.717) is 18.6 Å². The summed E-state index contributed by atoms with van der Waals surface area (Å²) in [6.07, 6.45) is 6.66. The molecule has 2 rings (SSSR count). The summed E-state index contributed by atoms with van der Waals surface area (Å²) in [5.74, 6) is -0.822. The predicted molar refractivity (Wildman–Crippen MR) is 80.1 cm³/mol. The molecular formula is C17H25F2NO. The van der Waals surface area contributed by atoms with Gasteiger partial charge in [-0.3, -0.25) is 0 Å². The minimum absolute atomic E-state index is 0.309. The van der Waals surface area contributed by atoms with E-state index < -0.39 is 17.2 Å². The van der Waals surface area contributed by atoms with E-state index in [9.17, 15) is 8.78 Å². The number of halogens is 2. The highest BCUT2D eigenvalue weighted by Crippen LogP contribution is 2.34. The van der Waals surface area contributed by atoms with Crippen molar-refractivity contribution in [2.24, 2.45) is 5.73 Å². The van der Waals surface area contributed by atoms with Crippen molar-refractivity contribution in [1.82, 2.24) is 0 Å². The van der Waals surface area contributed by atoms with Crippen molar-refractivity contribution in [2.45, 2.75) is 63.5 Å². The molecule has 21 heavy (non-hydrogen) atoms. The molecular weight excluding hydrogens is 272 g/mol. The fraction of sp³-hybridized carbons (Fsp3) is 0.647. The van der Waals surface area contributed by atoms with Crippen LogP contribution in [0.25, 0.3) is 0 Å². The molecule has 1 atom stereocenters. The quantitative estimate of drug-likeness (QED) is 0.835. The van der Waals surface area contributed by atoms with Crippen LogP contribution in [0.4, 0.5) is 8.78 Å². The van der Waals surface area contributed by atoms with Crippen molar-refractivity contribution in [2.75, 3.05) is 6.61 Å². The van der Waals surface area contributed by atoms with Crippen molar-refractivity contribution in [1.29, 1.82) is 0 Å². The van der Waals surface area contributed by atoms with E-state index in [1.165, 1.54) is 18.9 Å². The molecule has 0 bridgehead atoms. The van der Waals surface area contributed by atoms with Gasteiger partial charge in [0.15, 0.2) is 0 Å². The Kier molecular flexibility index (Phi) is 5.71. The molecule has 2 nitrogen and oxygen atoms in total. The molecule has 118 valence electrons. The van der Waals surface area contributed by atoms with Gasteiger partial charge in [-0.1, -0.05) is 25.7 Å².